The summed E-state index contributed by atoms with van der Waals surface area (Å²) in [5, 5.41) is 2.68. The lowest BCUT2D eigenvalue weighted by Gasteiger charge is -2.17. The van der Waals surface area contributed by atoms with Gasteiger partial charge in [0, 0.05) is 12.7 Å². The molecule has 0 aliphatic carbocycles. The molecule has 3 nitrogen and oxygen atoms in total. The fourth-order valence-electron chi connectivity index (χ4n) is 1.34. The Balaban J connectivity index is 2.69. The molecule has 0 bridgehead atoms. The summed E-state index contributed by atoms with van der Waals surface area (Å²) in [4.78, 5) is 11.5. The molecule has 0 heterocycles. The third kappa shape index (κ3) is 3.03. The maximum absolute atomic E-state index is 13.4. The lowest BCUT2D eigenvalue weighted by Crippen LogP contribution is -2.35. The number of methoxy groups -OCH3 is 1. The first-order chi connectivity index (χ1) is 7.56. The molecule has 1 aromatic rings. The van der Waals surface area contributed by atoms with Crippen LogP contribution in [0.4, 0.5) is 4.39 Å². The normalized spacial score (nSPS) is 14.2. The molecule has 0 fully saturated rings. The maximum Gasteiger partial charge on any atom is 0.249 e. The molecule has 4 heteroatoms. The first-order valence-corrected chi connectivity index (χ1v) is 5.14. The fourth-order valence-corrected chi connectivity index (χ4v) is 1.34. The topological polar surface area (TPSA) is 38.3 Å². The predicted molar refractivity (Wildman–Crippen MR) is 59.4 cm³/mol. The second-order valence-electron chi connectivity index (χ2n) is 3.63. The van der Waals surface area contributed by atoms with E-state index in [2.05, 4.69) is 5.32 Å². The van der Waals surface area contributed by atoms with Crippen LogP contribution < -0.4 is 5.32 Å². The first kappa shape index (κ1) is 12.6. The number of halogens is 1. The van der Waals surface area contributed by atoms with E-state index in [0.29, 0.717) is 5.56 Å². The molecule has 0 unspecified atom stereocenters. The molecule has 1 aromatic carbocycles. The van der Waals surface area contributed by atoms with Crippen molar-refractivity contribution in [2.75, 3.05) is 7.11 Å². The van der Waals surface area contributed by atoms with Gasteiger partial charge in [0.1, 0.15) is 11.9 Å². The summed E-state index contributed by atoms with van der Waals surface area (Å²) in [6, 6.07) is 6.01. The van der Waals surface area contributed by atoms with Crippen LogP contribution >= 0.6 is 0 Å². The molecule has 0 saturated heterocycles. The van der Waals surface area contributed by atoms with Crippen molar-refractivity contribution in [3.8, 4) is 0 Å². The van der Waals surface area contributed by atoms with Crippen molar-refractivity contribution in [1.29, 1.82) is 0 Å². The van der Waals surface area contributed by atoms with Crippen LogP contribution in [-0.4, -0.2) is 19.1 Å². The number of nitrogens with one attached hydrogen (secondary N) is 1. The zero-order chi connectivity index (χ0) is 12.1. The molecule has 0 aliphatic rings. The molecular formula is C12H16FNO2. The number of amides is 1. The van der Waals surface area contributed by atoms with Gasteiger partial charge in [-0.25, -0.2) is 4.39 Å². The molecule has 88 valence electrons. The molecule has 16 heavy (non-hydrogen) atoms. The zero-order valence-electron chi connectivity index (χ0n) is 9.66. The molecule has 1 rings (SSSR count). The molecule has 1 N–H and O–H groups in total. The Bertz CT molecular complexity index is 368. The second kappa shape index (κ2) is 5.61. The SMILES string of the molecule is CO[C@H](C)C(=O)N[C@H](C)c1ccccc1F. The van der Waals surface area contributed by atoms with Gasteiger partial charge in [-0.2, -0.15) is 0 Å². The van der Waals surface area contributed by atoms with Crippen molar-refractivity contribution in [2.45, 2.75) is 26.0 Å². The third-order valence-corrected chi connectivity index (χ3v) is 2.45. The summed E-state index contributed by atoms with van der Waals surface area (Å²) >= 11 is 0. The van der Waals surface area contributed by atoms with E-state index in [9.17, 15) is 9.18 Å². The smallest absolute Gasteiger partial charge is 0.249 e. The number of carbonyl (C=O) groups excluding carboxylic acids is 1. The van der Waals surface area contributed by atoms with Gasteiger partial charge in [-0.05, 0) is 19.9 Å². The Morgan fingerprint density at radius 1 is 1.38 bits per heavy atom. The van der Waals surface area contributed by atoms with Gasteiger partial charge in [0.05, 0.1) is 6.04 Å². The number of rotatable bonds is 4. The van der Waals surface area contributed by atoms with Gasteiger partial charge in [0.25, 0.3) is 0 Å². The highest BCUT2D eigenvalue weighted by Gasteiger charge is 2.17. The van der Waals surface area contributed by atoms with Crippen LogP contribution in [-0.2, 0) is 9.53 Å². The summed E-state index contributed by atoms with van der Waals surface area (Å²) in [5.74, 6) is -0.571. The zero-order valence-corrected chi connectivity index (χ0v) is 9.66. The maximum atomic E-state index is 13.4. The van der Waals surface area contributed by atoms with Crippen LogP contribution in [0, 0.1) is 5.82 Å². The van der Waals surface area contributed by atoms with E-state index >= 15 is 0 Å². The Labute approximate surface area is 94.6 Å². The standard InChI is InChI=1S/C12H16FNO2/c1-8(14-12(15)9(2)16-3)10-6-4-5-7-11(10)13/h4-9H,1-3H3,(H,14,15)/t8-,9-/m1/s1. The number of ether oxygens (including phenoxy) is 1. The number of benzene rings is 1. The van der Waals surface area contributed by atoms with Crippen molar-refractivity contribution >= 4 is 5.91 Å². The quantitative estimate of drug-likeness (QED) is 0.851. The van der Waals surface area contributed by atoms with E-state index in [0.717, 1.165) is 0 Å². The van der Waals surface area contributed by atoms with Crippen LogP contribution in [0.3, 0.4) is 0 Å². The molecule has 0 aromatic heterocycles. The monoisotopic (exact) mass is 225 g/mol. The largest absolute Gasteiger partial charge is 0.372 e. The van der Waals surface area contributed by atoms with E-state index in [1.54, 1.807) is 32.0 Å². The highest BCUT2D eigenvalue weighted by Crippen LogP contribution is 2.16. The lowest BCUT2D eigenvalue weighted by atomic mass is 10.1. The Kier molecular flexibility index (Phi) is 4.43. The molecule has 0 aliphatic heterocycles. The van der Waals surface area contributed by atoms with Gasteiger partial charge in [0.2, 0.25) is 5.91 Å². The minimum Gasteiger partial charge on any atom is -0.372 e. The van der Waals surface area contributed by atoms with Crippen molar-refractivity contribution in [3.63, 3.8) is 0 Å². The number of carbonyl (C=O) groups is 1. The van der Waals surface area contributed by atoms with Crippen molar-refractivity contribution in [3.05, 3.63) is 35.6 Å². The van der Waals surface area contributed by atoms with Crippen LogP contribution in [0.15, 0.2) is 24.3 Å². The second-order valence-corrected chi connectivity index (χ2v) is 3.63. The number of hydrogen-bond donors (Lipinski definition) is 1. The first-order valence-electron chi connectivity index (χ1n) is 5.14. The minimum atomic E-state index is -0.533. The average molecular weight is 225 g/mol. The van der Waals surface area contributed by atoms with E-state index in [4.69, 9.17) is 4.74 Å². The summed E-state index contributed by atoms with van der Waals surface area (Å²) in [6.45, 7) is 3.38. The summed E-state index contributed by atoms with van der Waals surface area (Å²) in [5.41, 5.74) is 0.471. The summed E-state index contributed by atoms with van der Waals surface area (Å²) < 4.78 is 18.3. The van der Waals surface area contributed by atoms with Crippen LogP contribution in [0.5, 0.6) is 0 Å². The Morgan fingerprint density at radius 3 is 2.56 bits per heavy atom. The highest BCUT2D eigenvalue weighted by atomic mass is 19.1. The molecular weight excluding hydrogens is 209 g/mol. The van der Waals surface area contributed by atoms with Gasteiger partial charge in [0.15, 0.2) is 0 Å². The molecule has 1 amide bonds. The van der Waals surface area contributed by atoms with Crippen molar-refractivity contribution in [2.24, 2.45) is 0 Å². The Hall–Kier alpha value is -1.42. The van der Waals surface area contributed by atoms with E-state index in [-0.39, 0.29) is 17.8 Å². The minimum absolute atomic E-state index is 0.252. The van der Waals surface area contributed by atoms with Crippen LogP contribution in [0.2, 0.25) is 0 Å². The van der Waals surface area contributed by atoms with Crippen molar-refractivity contribution in [1.82, 2.24) is 5.32 Å². The lowest BCUT2D eigenvalue weighted by molar-refractivity contribution is -0.130. The van der Waals surface area contributed by atoms with Gasteiger partial charge < -0.3 is 10.1 Å². The van der Waals surface area contributed by atoms with E-state index in [1.165, 1.54) is 13.2 Å². The molecule has 0 spiro atoms. The van der Waals surface area contributed by atoms with Crippen LogP contribution in [0.25, 0.3) is 0 Å². The summed E-state index contributed by atoms with van der Waals surface area (Å²) in [7, 11) is 1.46. The third-order valence-electron chi connectivity index (χ3n) is 2.45. The number of hydrogen-bond acceptors (Lipinski definition) is 2. The van der Waals surface area contributed by atoms with Crippen LogP contribution in [0.1, 0.15) is 25.5 Å². The highest BCUT2D eigenvalue weighted by molar-refractivity contribution is 5.80. The fraction of sp³-hybridized carbons (Fsp3) is 0.417. The molecule has 2 atom stereocenters. The average Bonchev–Trinajstić information content (AvgIpc) is 2.28. The molecule has 0 radical (unpaired) electrons. The predicted octanol–water partition coefficient (Wildman–Crippen LogP) is 2.04. The van der Waals surface area contributed by atoms with E-state index < -0.39 is 6.10 Å². The van der Waals surface area contributed by atoms with E-state index in [1.807, 2.05) is 0 Å². The summed E-state index contributed by atoms with van der Waals surface area (Å²) in [6.07, 6.45) is -0.533. The van der Waals surface area contributed by atoms with Gasteiger partial charge in [-0.15, -0.1) is 0 Å². The van der Waals surface area contributed by atoms with Gasteiger partial charge in [-0.1, -0.05) is 18.2 Å². The molecule has 0 saturated carbocycles. The Morgan fingerprint density at radius 2 is 2.00 bits per heavy atom. The van der Waals surface area contributed by atoms with Gasteiger partial charge in [-0.3, -0.25) is 4.79 Å². The van der Waals surface area contributed by atoms with Gasteiger partial charge >= 0.3 is 0 Å². The van der Waals surface area contributed by atoms with Crippen molar-refractivity contribution < 1.29 is 13.9 Å².